The highest BCUT2D eigenvalue weighted by atomic mass is 16.6. The van der Waals surface area contributed by atoms with E-state index >= 15 is 0 Å². The van der Waals surface area contributed by atoms with Crippen LogP contribution in [0.2, 0.25) is 0 Å². The average molecular weight is 638 g/mol. The Morgan fingerprint density at radius 2 is 1.67 bits per heavy atom. The van der Waals surface area contributed by atoms with E-state index < -0.39 is 65.9 Å². The molecule has 248 valence electrons. The number of carbonyl (C=O) groups excluding carboxylic acids is 6. The number of hydrogen-bond acceptors (Lipinski definition) is 9. The number of hydrogen-bond donors (Lipinski definition) is 4. The normalized spacial score (nSPS) is 17.8. The van der Waals surface area contributed by atoms with E-state index in [-0.39, 0.29) is 31.1 Å². The molecule has 14 heteroatoms. The number of ether oxygens (including phenoxy) is 1. The number of likely N-dealkylation sites (tertiary alicyclic amines) is 1. The van der Waals surface area contributed by atoms with Crippen molar-refractivity contribution >= 4 is 36.0 Å². The summed E-state index contributed by atoms with van der Waals surface area (Å²) in [5, 5.41) is 10.7. The lowest BCUT2D eigenvalue weighted by Crippen LogP contribution is -2.59. The summed E-state index contributed by atoms with van der Waals surface area (Å²) < 4.78 is 5.59. The van der Waals surface area contributed by atoms with Crippen molar-refractivity contribution in [1.29, 1.82) is 0 Å². The van der Waals surface area contributed by atoms with Crippen molar-refractivity contribution < 1.29 is 33.5 Å². The maximum absolute atomic E-state index is 14.0. The predicted octanol–water partition coefficient (Wildman–Crippen LogP) is 1.36. The molecule has 46 heavy (non-hydrogen) atoms. The van der Waals surface area contributed by atoms with Gasteiger partial charge in [-0.15, -0.1) is 0 Å². The molecule has 1 aromatic carbocycles. The number of aldehydes is 1. The Balaban J connectivity index is 1.77. The van der Waals surface area contributed by atoms with Crippen LogP contribution < -0.4 is 21.3 Å². The first-order valence-corrected chi connectivity index (χ1v) is 15.4. The number of aromatic nitrogens is 2. The smallest absolute Gasteiger partial charge is 0.407 e. The third-order valence-electron chi connectivity index (χ3n) is 7.60. The molecule has 3 rings (SSSR count). The molecule has 0 aliphatic carbocycles. The topological polar surface area (TPSA) is 189 Å². The lowest BCUT2D eigenvalue weighted by atomic mass is 9.98. The first-order chi connectivity index (χ1) is 21.9. The van der Waals surface area contributed by atoms with Crippen LogP contribution in [0.3, 0.4) is 0 Å². The van der Waals surface area contributed by atoms with Gasteiger partial charge in [0.15, 0.2) is 0 Å². The van der Waals surface area contributed by atoms with Crippen molar-refractivity contribution in [3.8, 4) is 0 Å². The van der Waals surface area contributed by atoms with Crippen LogP contribution in [0, 0.1) is 11.8 Å². The van der Waals surface area contributed by atoms with Gasteiger partial charge in [0.1, 0.15) is 36.2 Å². The maximum Gasteiger partial charge on any atom is 0.407 e. The quantitative estimate of drug-likeness (QED) is 0.222. The zero-order chi connectivity index (χ0) is 33.8. The summed E-state index contributed by atoms with van der Waals surface area (Å²) in [5.41, 5.74) is 0.894. The molecule has 1 aromatic heterocycles. The lowest BCUT2D eigenvalue weighted by Gasteiger charge is -2.32. The van der Waals surface area contributed by atoms with Gasteiger partial charge in [-0.05, 0) is 23.8 Å². The fraction of sp³-hybridized carbons (Fsp3) is 0.500. The number of amides is 5. The summed E-state index contributed by atoms with van der Waals surface area (Å²) in [6, 6.07) is 5.31. The van der Waals surface area contributed by atoms with E-state index in [1.165, 1.54) is 23.5 Å². The summed E-state index contributed by atoms with van der Waals surface area (Å²) in [6.45, 7) is 8.82. The fourth-order valence-corrected chi connectivity index (χ4v) is 4.95. The van der Waals surface area contributed by atoms with Crippen LogP contribution in [0.25, 0.3) is 0 Å². The highest BCUT2D eigenvalue weighted by molar-refractivity contribution is 5.98. The molecule has 5 atom stereocenters. The molecule has 5 amide bonds. The zero-order valence-corrected chi connectivity index (χ0v) is 26.8. The third kappa shape index (κ3) is 9.81. The minimum Gasteiger partial charge on any atom is -0.444 e. The largest absolute Gasteiger partial charge is 0.444 e. The van der Waals surface area contributed by atoms with E-state index in [0.717, 1.165) is 5.56 Å². The van der Waals surface area contributed by atoms with Crippen LogP contribution in [0.15, 0.2) is 48.9 Å². The van der Waals surface area contributed by atoms with Crippen molar-refractivity contribution in [1.82, 2.24) is 36.1 Å². The van der Waals surface area contributed by atoms with Gasteiger partial charge in [0.25, 0.3) is 5.91 Å². The van der Waals surface area contributed by atoms with Crippen molar-refractivity contribution in [2.24, 2.45) is 11.8 Å². The van der Waals surface area contributed by atoms with Crippen molar-refractivity contribution in [3.63, 3.8) is 0 Å². The summed E-state index contributed by atoms with van der Waals surface area (Å²) in [5.74, 6) is -3.11. The van der Waals surface area contributed by atoms with Gasteiger partial charge in [-0.1, -0.05) is 65.0 Å². The van der Waals surface area contributed by atoms with Gasteiger partial charge < -0.3 is 35.7 Å². The summed E-state index contributed by atoms with van der Waals surface area (Å²) in [7, 11) is 0. The molecule has 14 nitrogen and oxygen atoms in total. The maximum atomic E-state index is 14.0. The second-order valence-corrected chi connectivity index (χ2v) is 11.8. The molecule has 1 fully saturated rings. The second kappa shape index (κ2) is 17.0. The van der Waals surface area contributed by atoms with E-state index in [9.17, 15) is 28.8 Å². The Hall–Kier alpha value is -4.88. The van der Waals surface area contributed by atoms with Crippen molar-refractivity contribution in [3.05, 3.63) is 60.2 Å². The first-order valence-electron chi connectivity index (χ1n) is 15.4. The van der Waals surface area contributed by atoms with Gasteiger partial charge in [0, 0.05) is 25.4 Å². The SMILES string of the molecule is CC[C@@H](C=O)NC(=O)[C@@H]1C[C@@H](OC(=O)NCc2ccccc2)CN1C(=O)[C@@H](NC(=O)[C@@H](NC(=O)c1cnccn1)C(C)C)C(C)C. The number of benzene rings is 1. The Bertz CT molecular complexity index is 1360. The average Bonchev–Trinajstić information content (AvgIpc) is 3.47. The molecule has 0 spiro atoms. The zero-order valence-electron chi connectivity index (χ0n) is 26.8. The van der Waals surface area contributed by atoms with E-state index in [4.69, 9.17) is 4.74 Å². The Morgan fingerprint density at radius 3 is 2.26 bits per heavy atom. The predicted molar refractivity (Wildman–Crippen MR) is 167 cm³/mol. The molecule has 2 aromatic rings. The van der Waals surface area contributed by atoms with Crippen LogP contribution in [0.1, 0.15) is 63.5 Å². The first kappa shape index (κ1) is 35.6. The van der Waals surface area contributed by atoms with Gasteiger partial charge in [-0.2, -0.15) is 0 Å². The lowest BCUT2D eigenvalue weighted by molar-refractivity contribution is -0.143. The molecular weight excluding hydrogens is 594 g/mol. The third-order valence-corrected chi connectivity index (χ3v) is 7.60. The van der Waals surface area contributed by atoms with Gasteiger partial charge >= 0.3 is 6.09 Å². The Morgan fingerprint density at radius 1 is 0.978 bits per heavy atom. The molecule has 0 bridgehead atoms. The van der Waals surface area contributed by atoms with Gasteiger partial charge in [0.2, 0.25) is 17.7 Å². The number of nitrogens with one attached hydrogen (secondary N) is 4. The van der Waals surface area contributed by atoms with Crippen molar-refractivity contribution in [2.75, 3.05) is 6.54 Å². The van der Waals surface area contributed by atoms with Crippen LogP contribution in [-0.2, 0) is 30.5 Å². The second-order valence-electron chi connectivity index (χ2n) is 11.8. The van der Waals surface area contributed by atoms with E-state index in [1.54, 1.807) is 34.6 Å². The van der Waals surface area contributed by atoms with Crippen LogP contribution in [-0.4, -0.2) is 87.7 Å². The monoisotopic (exact) mass is 637 g/mol. The number of carbonyl (C=O) groups is 6. The Labute approximate surface area is 268 Å². The van der Waals surface area contributed by atoms with Crippen LogP contribution in [0.4, 0.5) is 4.79 Å². The van der Waals surface area contributed by atoms with Gasteiger partial charge in [0.05, 0.1) is 18.8 Å². The molecule has 1 aliphatic heterocycles. The van der Waals surface area contributed by atoms with E-state index in [1.807, 2.05) is 30.3 Å². The van der Waals surface area contributed by atoms with Crippen LogP contribution in [0.5, 0.6) is 0 Å². The molecule has 0 unspecified atom stereocenters. The molecule has 1 aliphatic rings. The standard InChI is InChI=1S/C32H43N7O7/c1-6-22(18-40)36-29(42)25-14-23(46-32(45)35-15-21-10-8-7-9-11-21)17-39(25)31(44)27(20(4)5)38-30(43)26(19(2)3)37-28(41)24-16-33-12-13-34-24/h7-13,16,18-20,22-23,25-27H,6,14-15,17H2,1-5H3,(H,35,45)(H,36,42)(H,37,41)(H,38,43)/t22-,23+,25-,26-,27-/m0/s1. The minimum absolute atomic E-state index is 0.00677. The van der Waals surface area contributed by atoms with Crippen molar-refractivity contribution in [2.45, 2.75) is 84.3 Å². The van der Waals surface area contributed by atoms with E-state index in [0.29, 0.717) is 12.7 Å². The highest BCUT2D eigenvalue weighted by Crippen LogP contribution is 2.24. The highest BCUT2D eigenvalue weighted by Gasteiger charge is 2.45. The van der Waals surface area contributed by atoms with Crippen LogP contribution >= 0.6 is 0 Å². The summed E-state index contributed by atoms with van der Waals surface area (Å²) >= 11 is 0. The van der Waals surface area contributed by atoms with Gasteiger partial charge in [-0.25, -0.2) is 9.78 Å². The molecule has 0 saturated carbocycles. The van der Waals surface area contributed by atoms with E-state index in [2.05, 4.69) is 31.2 Å². The number of nitrogens with zero attached hydrogens (tertiary/aromatic N) is 3. The van der Waals surface area contributed by atoms with Gasteiger partial charge in [-0.3, -0.25) is 24.2 Å². The molecule has 2 heterocycles. The fourth-order valence-electron chi connectivity index (χ4n) is 4.95. The molecular formula is C32H43N7O7. The molecule has 0 radical (unpaired) electrons. The number of rotatable bonds is 14. The summed E-state index contributed by atoms with van der Waals surface area (Å²) in [6.07, 6.45) is 3.46. The molecule has 1 saturated heterocycles. The Kier molecular flexibility index (Phi) is 13.1. The molecule has 4 N–H and O–H groups in total. The number of alkyl carbamates (subject to hydrolysis) is 1. The minimum atomic E-state index is -1.09. The summed E-state index contributed by atoms with van der Waals surface area (Å²) in [4.78, 5) is 86.8.